The number of fused-ring (bicyclic) bond motifs is 3. The van der Waals surface area contributed by atoms with Crippen LogP contribution in [-0.2, 0) is 12.8 Å². The molecule has 2 aromatic rings. The molecule has 5 heteroatoms. The number of amides is 1. The average molecular weight is 333 g/mol. The van der Waals surface area contributed by atoms with Gasteiger partial charge in [-0.05, 0) is 48.4 Å². The number of hydrogen-bond acceptors (Lipinski definition) is 3. The zero-order valence-electron chi connectivity index (χ0n) is 12.3. The van der Waals surface area contributed by atoms with Crippen LogP contribution < -0.4 is 10.6 Å². The molecule has 2 N–H and O–H groups in total. The number of anilines is 1. The second-order valence-corrected chi connectivity index (χ2v) is 7.70. The highest BCUT2D eigenvalue weighted by atomic mass is 35.5. The molecule has 1 aromatic carbocycles. The standard InChI is InChI=1S/C17H17ClN2OS/c1-9-2-7-12-13(8-9)22-17-14(12)16(21)19-15(20-17)10-3-5-11(18)6-4-10/h3-6,9,15,20H,2,7-8H2,1H3,(H,19,21)/t9-,15+/m0/s1. The highest BCUT2D eigenvalue weighted by Crippen LogP contribution is 2.42. The summed E-state index contributed by atoms with van der Waals surface area (Å²) in [6.45, 7) is 2.28. The fourth-order valence-electron chi connectivity index (χ4n) is 3.28. The molecule has 0 unspecified atom stereocenters. The predicted molar refractivity (Wildman–Crippen MR) is 90.8 cm³/mol. The first kappa shape index (κ1) is 14.1. The summed E-state index contributed by atoms with van der Waals surface area (Å²) in [5.74, 6) is 0.753. The fraction of sp³-hybridized carbons (Fsp3) is 0.353. The van der Waals surface area contributed by atoms with Crippen molar-refractivity contribution in [2.75, 3.05) is 5.32 Å². The molecule has 1 amide bonds. The van der Waals surface area contributed by atoms with E-state index >= 15 is 0 Å². The van der Waals surface area contributed by atoms with E-state index in [1.165, 1.54) is 16.9 Å². The van der Waals surface area contributed by atoms with E-state index in [-0.39, 0.29) is 12.1 Å². The van der Waals surface area contributed by atoms with Gasteiger partial charge in [-0.1, -0.05) is 30.7 Å². The van der Waals surface area contributed by atoms with Crippen molar-refractivity contribution < 1.29 is 4.79 Å². The van der Waals surface area contributed by atoms with Gasteiger partial charge in [0.15, 0.2) is 0 Å². The Hall–Kier alpha value is -1.52. The molecule has 2 atom stereocenters. The highest BCUT2D eigenvalue weighted by Gasteiger charge is 2.32. The summed E-state index contributed by atoms with van der Waals surface area (Å²) in [6, 6.07) is 7.59. The van der Waals surface area contributed by atoms with Gasteiger partial charge in [0.25, 0.3) is 5.91 Å². The predicted octanol–water partition coefficient (Wildman–Crippen LogP) is 4.38. The highest BCUT2D eigenvalue weighted by molar-refractivity contribution is 7.16. The summed E-state index contributed by atoms with van der Waals surface area (Å²) in [7, 11) is 0. The molecule has 4 rings (SSSR count). The second-order valence-electron chi connectivity index (χ2n) is 6.16. The molecule has 0 saturated heterocycles. The van der Waals surface area contributed by atoms with Crippen LogP contribution in [0.25, 0.3) is 0 Å². The molecule has 0 fully saturated rings. The maximum absolute atomic E-state index is 12.6. The van der Waals surface area contributed by atoms with Gasteiger partial charge in [0.1, 0.15) is 11.2 Å². The Morgan fingerprint density at radius 1 is 1.23 bits per heavy atom. The minimum atomic E-state index is -0.185. The van der Waals surface area contributed by atoms with E-state index < -0.39 is 0 Å². The minimum absolute atomic E-state index is 0.0424. The smallest absolute Gasteiger partial charge is 0.256 e. The quantitative estimate of drug-likeness (QED) is 0.813. The van der Waals surface area contributed by atoms with E-state index in [1.807, 2.05) is 24.3 Å². The number of rotatable bonds is 1. The van der Waals surface area contributed by atoms with E-state index in [9.17, 15) is 4.79 Å². The van der Waals surface area contributed by atoms with Crippen molar-refractivity contribution in [1.29, 1.82) is 0 Å². The number of carbonyl (C=O) groups excluding carboxylic acids is 1. The van der Waals surface area contributed by atoms with Crippen LogP contribution in [0.5, 0.6) is 0 Å². The van der Waals surface area contributed by atoms with Crippen molar-refractivity contribution >= 4 is 33.8 Å². The second kappa shape index (κ2) is 5.28. The monoisotopic (exact) mass is 332 g/mol. The maximum atomic E-state index is 12.6. The number of carbonyl (C=O) groups is 1. The number of thiophene rings is 1. The van der Waals surface area contributed by atoms with Crippen LogP contribution in [0, 0.1) is 5.92 Å². The van der Waals surface area contributed by atoms with E-state index in [2.05, 4.69) is 17.6 Å². The topological polar surface area (TPSA) is 41.1 Å². The van der Waals surface area contributed by atoms with Crippen LogP contribution in [0.4, 0.5) is 5.00 Å². The number of hydrogen-bond donors (Lipinski definition) is 2. The van der Waals surface area contributed by atoms with Crippen LogP contribution in [-0.4, -0.2) is 5.91 Å². The van der Waals surface area contributed by atoms with Crippen molar-refractivity contribution in [2.24, 2.45) is 5.92 Å². The zero-order valence-corrected chi connectivity index (χ0v) is 13.9. The van der Waals surface area contributed by atoms with Crippen molar-refractivity contribution in [3.63, 3.8) is 0 Å². The zero-order chi connectivity index (χ0) is 15.3. The van der Waals surface area contributed by atoms with Gasteiger partial charge in [-0.2, -0.15) is 0 Å². The molecule has 0 spiro atoms. The molecule has 3 nitrogen and oxygen atoms in total. The molecule has 1 aliphatic heterocycles. The Labute approximate surface area is 138 Å². The van der Waals surface area contributed by atoms with Crippen molar-refractivity contribution in [3.05, 3.63) is 50.9 Å². The first-order chi connectivity index (χ1) is 10.6. The Bertz CT molecular complexity index is 738. The summed E-state index contributed by atoms with van der Waals surface area (Å²) < 4.78 is 0. The molecular weight excluding hydrogens is 316 g/mol. The van der Waals surface area contributed by atoms with E-state index in [0.29, 0.717) is 10.9 Å². The minimum Gasteiger partial charge on any atom is -0.353 e. The molecule has 2 heterocycles. The Kier molecular flexibility index (Phi) is 3.39. The SMILES string of the molecule is C[C@H]1CCc2c(sc3c2C(=O)N[C@@H](c2ccc(Cl)cc2)N3)C1. The number of benzene rings is 1. The lowest BCUT2D eigenvalue weighted by atomic mass is 9.88. The molecule has 0 saturated carbocycles. The molecule has 114 valence electrons. The van der Waals surface area contributed by atoms with Crippen molar-refractivity contribution in [3.8, 4) is 0 Å². The van der Waals surface area contributed by atoms with Gasteiger partial charge < -0.3 is 10.6 Å². The van der Waals surface area contributed by atoms with Crippen LogP contribution in [0.3, 0.4) is 0 Å². The third-order valence-electron chi connectivity index (χ3n) is 4.49. The van der Waals surface area contributed by atoms with Gasteiger partial charge in [-0.15, -0.1) is 11.3 Å². The summed E-state index contributed by atoms with van der Waals surface area (Å²) in [4.78, 5) is 14.0. The number of halogens is 1. The van der Waals surface area contributed by atoms with E-state index in [4.69, 9.17) is 11.6 Å². The molecular formula is C17H17ClN2OS. The summed E-state index contributed by atoms with van der Waals surface area (Å²) in [6.07, 6.45) is 3.09. The first-order valence-corrected chi connectivity index (χ1v) is 8.78. The first-order valence-electron chi connectivity index (χ1n) is 7.59. The van der Waals surface area contributed by atoms with E-state index in [1.54, 1.807) is 11.3 Å². The number of nitrogens with one attached hydrogen (secondary N) is 2. The van der Waals surface area contributed by atoms with Gasteiger partial charge in [-0.3, -0.25) is 4.79 Å². The normalized spacial score (nSPS) is 23.3. The molecule has 0 bridgehead atoms. The van der Waals surface area contributed by atoms with Crippen molar-refractivity contribution in [2.45, 2.75) is 32.4 Å². The molecule has 2 aliphatic rings. The maximum Gasteiger partial charge on any atom is 0.256 e. The largest absolute Gasteiger partial charge is 0.353 e. The van der Waals surface area contributed by atoms with E-state index in [0.717, 1.165) is 29.0 Å². The van der Waals surface area contributed by atoms with Gasteiger partial charge in [0, 0.05) is 9.90 Å². The molecule has 1 aliphatic carbocycles. The third kappa shape index (κ3) is 2.31. The lowest BCUT2D eigenvalue weighted by Gasteiger charge is -2.27. The summed E-state index contributed by atoms with van der Waals surface area (Å²) in [5.41, 5.74) is 3.15. The lowest BCUT2D eigenvalue weighted by Crippen LogP contribution is -2.38. The van der Waals surface area contributed by atoms with Gasteiger partial charge in [0.2, 0.25) is 0 Å². The van der Waals surface area contributed by atoms with Crippen LogP contribution in [0.2, 0.25) is 5.02 Å². The third-order valence-corrected chi connectivity index (χ3v) is 5.93. The Morgan fingerprint density at radius 3 is 2.77 bits per heavy atom. The lowest BCUT2D eigenvalue weighted by molar-refractivity contribution is 0.0935. The van der Waals surface area contributed by atoms with Crippen molar-refractivity contribution in [1.82, 2.24) is 5.32 Å². The van der Waals surface area contributed by atoms with Crippen LogP contribution >= 0.6 is 22.9 Å². The van der Waals surface area contributed by atoms with Gasteiger partial charge in [0.05, 0.1) is 5.56 Å². The summed E-state index contributed by atoms with van der Waals surface area (Å²) in [5, 5.41) is 8.27. The Balaban J connectivity index is 1.69. The van der Waals surface area contributed by atoms with Gasteiger partial charge >= 0.3 is 0 Å². The molecule has 22 heavy (non-hydrogen) atoms. The average Bonchev–Trinajstić information content (AvgIpc) is 2.85. The van der Waals surface area contributed by atoms with Crippen LogP contribution in [0.15, 0.2) is 24.3 Å². The van der Waals surface area contributed by atoms with Gasteiger partial charge in [-0.25, -0.2) is 0 Å². The molecule has 0 radical (unpaired) electrons. The summed E-state index contributed by atoms with van der Waals surface area (Å²) >= 11 is 7.69. The fourth-order valence-corrected chi connectivity index (χ4v) is 4.85. The Morgan fingerprint density at radius 2 is 2.00 bits per heavy atom. The van der Waals surface area contributed by atoms with Crippen LogP contribution in [0.1, 0.15) is 45.9 Å². The molecule has 1 aromatic heterocycles.